The van der Waals surface area contributed by atoms with Gasteiger partial charge in [-0.15, -0.1) is 0 Å². The number of ether oxygens (including phenoxy) is 2. The summed E-state index contributed by atoms with van der Waals surface area (Å²) >= 11 is 0. The minimum absolute atomic E-state index is 0.00253. The van der Waals surface area contributed by atoms with Gasteiger partial charge in [0.2, 0.25) is 0 Å². The number of H-pyrrole nitrogens is 2. The molecule has 9 nitrogen and oxygen atoms in total. The van der Waals surface area contributed by atoms with E-state index >= 15 is 0 Å². The molecule has 1 saturated heterocycles. The smallest absolute Gasteiger partial charge is 0.321 e. The van der Waals surface area contributed by atoms with Gasteiger partial charge in [-0.25, -0.2) is 0 Å². The van der Waals surface area contributed by atoms with Crippen molar-refractivity contribution in [1.29, 1.82) is 0 Å². The number of aromatic nitrogens is 2. The fourth-order valence-electron chi connectivity index (χ4n) is 10.8. The fraction of sp³-hybridized carbons (Fsp3) is 0.582. The summed E-state index contributed by atoms with van der Waals surface area (Å²) in [6.45, 7) is 26.6. The largest absolute Gasteiger partial charge is 0.468 e. The highest BCUT2D eigenvalue weighted by Crippen LogP contribution is 2.49. The molecule has 0 aromatic carbocycles. The van der Waals surface area contributed by atoms with Crippen molar-refractivity contribution in [3.05, 3.63) is 90.8 Å². The van der Waals surface area contributed by atoms with Crippen molar-refractivity contribution >= 4 is 42.0 Å². The lowest BCUT2D eigenvalue weighted by Crippen LogP contribution is -2.31. The van der Waals surface area contributed by atoms with Gasteiger partial charge in [0.05, 0.1) is 12.8 Å². The molecule has 0 spiro atoms. The number of rotatable bonds is 20. The lowest BCUT2D eigenvalue weighted by molar-refractivity contribution is -0.147. The van der Waals surface area contributed by atoms with Crippen LogP contribution in [0.15, 0.2) is 46.5 Å². The molecule has 1 unspecified atom stereocenters. The molecule has 8 bridgehead atoms. The van der Waals surface area contributed by atoms with Crippen LogP contribution in [-0.4, -0.2) is 47.4 Å². The maximum atomic E-state index is 14.4. The summed E-state index contributed by atoms with van der Waals surface area (Å²) in [5, 5.41) is 9.38. The number of hydrogen-bond donors (Lipinski definition) is 4. The van der Waals surface area contributed by atoms with E-state index in [9.17, 15) is 14.4 Å². The van der Waals surface area contributed by atoms with Gasteiger partial charge < -0.3 is 30.1 Å². The second-order valence-corrected chi connectivity index (χ2v) is 20.1. The number of allylic oxidation sites excluding steroid dienone is 4. The van der Waals surface area contributed by atoms with Crippen LogP contribution in [0.1, 0.15) is 160 Å². The summed E-state index contributed by atoms with van der Waals surface area (Å²) in [4.78, 5) is 48.9. The molecule has 4 aliphatic rings. The summed E-state index contributed by atoms with van der Waals surface area (Å²) < 4.78 is 11.1. The quantitative estimate of drug-likeness (QED) is 0.0593. The van der Waals surface area contributed by atoms with Gasteiger partial charge >= 0.3 is 11.9 Å². The van der Waals surface area contributed by atoms with Crippen molar-refractivity contribution in [3.8, 4) is 0 Å². The zero-order valence-corrected chi connectivity index (χ0v) is 40.9. The molecule has 4 N–H and O–H groups in total. The molecule has 5 heterocycles. The zero-order valence-electron chi connectivity index (χ0n) is 40.9. The highest BCUT2D eigenvalue weighted by Gasteiger charge is 2.52. The van der Waals surface area contributed by atoms with Gasteiger partial charge in [-0.2, -0.15) is 0 Å². The molecule has 9 heteroatoms. The van der Waals surface area contributed by atoms with E-state index in [1.54, 1.807) is 0 Å². The molecule has 1 aliphatic carbocycles. The van der Waals surface area contributed by atoms with E-state index in [4.69, 9.17) is 9.47 Å². The van der Waals surface area contributed by atoms with Crippen LogP contribution in [0.25, 0.3) is 24.3 Å². The van der Waals surface area contributed by atoms with E-state index in [-0.39, 0.29) is 48.6 Å². The number of hydrogen-bond acceptors (Lipinski definition) is 7. The molecule has 348 valence electrons. The van der Waals surface area contributed by atoms with E-state index in [0.29, 0.717) is 23.3 Å². The Morgan fingerprint density at radius 3 is 2.22 bits per heavy atom. The van der Waals surface area contributed by atoms with Crippen LogP contribution in [-0.2, 0) is 30.3 Å². The van der Waals surface area contributed by atoms with Gasteiger partial charge in [0.15, 0.2) is 5.78 Å². The van der Waals surface area contributed by atoms with E-state index in [0.717, 1.165) is 81.6 Å². The third-order valence-electron chi connectivity index (χ3n) is 14.9. The number of esters is 2. The number of aromatic amines is 2. The number of Topliss-reactive ketones (excluding diaryl/α,β-unsaturated/α-hetero) is 1. The summed E-state index contributed by atoms with van der Waals surface area (Å²) in [5.41, 5.74) is 11.3. The highest BCUT2D eigenvalue weighted by molar-refractivity contribution is 6.16. The number of ketones is 1. The third kappa shape index (κ3) is 10.7. The SMILES string of the molecule is C=Cc1c(C)/c2[nH]/c1=C\c1[nH]c(c(CC)c1C)/C=C1\NC3=C(C(=O)[C@H](C(=O)OC)/C3=C3/NC(\C=2)[C@@H](C)[C@@H]3CCC(=O)OC/C=C(\C)CCC[C@H](C)CCC[C@H](C)CCCC(C)C)[C@@H]1C. The molecule has 3 aliphatic heterocycles. The Labute approximate surface area is 383 Å². The summed E-state index contributed by atoms with van der Waals surface area (Å²) in [5.74, 6) is -0.292. The molecule has 7 atom stereocenters. The highest BCUT2D eigenvalue weighted by atomic mass is 16.5. The Hall–Kier alpha value is -4.79. The molecule has 2 aromatic rings. The van der Waals surface area contributed by atoms with Crippen LogP contribution in [0.5, 0.6) is 0 Å². The van der Waals surface area contributed by atoms with Crippen LogP contribution in [0.3, 0.4) is 0 Å². The Kier molecular flexibility index (Phi) is 16.3. The number of fused-ring (bicyclic) bond motifs is 7. The molecule has 1 fully saturated rings. The lowest BCUT2D eigenvalue weighted by Gasteiger charge is -2.22. The molecular weight excluding hydrogens is 797 g/mol. The summed E-state index contributed by atoms with van der Waals surface area (Å²) in [6, 6.07) is -0.173. The first-order chi connectivity index (χ1) is 30.6. The van der Waals surface area contributed by atoms with Crippen LogP contribution in [0.4, 0.5) is 0 Å². The number of methoxy groups -OCH3 is 1. The monoisotopic (exact) mass is 875 g/mol. The van der Waals surface area contributed by atoms with Crippen molar-refractivity contribution in [2.45, 2.75) is 152 Å². The van der Waals surface area contributed by atoms with Gasteiger partial charge in [-0.3, -0.25) is 14.4 Å². The maximum Gasteiger partial charge on any atom is 0.321 e. The molecule has 0 radical (unpaired) electrons. The number of carbonyl (C=O) groups excluding carboxylic acids is 3. The van der Waals surface area contributed by atoms with Crippen molar-refractivity contribution in [2.24, 2.45) is 41.4 Å². The van der Waals surface area contributed by atoms with Crippen molar-refractivity contribution in [2.75, 3.05) is 13.7 Å². The van der Waals surface area contributed by atoms with Gasteiger partial charge in [-0.05, 0) is 111 Å². The van der Waals surface area contributed by atoms with Crippen molar-refractivity contribution in [3.63, 3.8) is 0 Å². The van der Waals surface area contributed by atoms with Crippen molar-refractivity contribution in [1.82, 2.24) is 20.6 Å². The average Bonchev–Trinajstić information content (AvgIpc) is 3.99. The molecule has 0 saturated carbocycles. The molecule has 0 amide bonds. The summed E-state index contributed by atoms with van der Waals surface area (Å²) in [7, 11) is 1.34. The predicted molar refractivity (Wildman–Crippen MR) is 261 cm³/mol. The van der Waals surface area contributed by atoms with Gasteiger partial charge in [0.25, 0.3) is 0 Å². The zero-order chi connectivity index (χ0) is 46.4. The van der Waals surface area contributed by atoms with E-state index < -0.39 is 11.9 Å². The number of nitrogens with one attached hydrogen (secondary N) is 4. The van der Waals surface area contributed by atoms with E-state index in [1.165, 1.54) is 68.8 Å². The first kappa shape index (κ1) is 48.7. The standard InChI is InChI=1S/C55H78N4O5/c1-13-39-35(8)42-28-44-37(10)41(24-25-48(60)64-27-26-34(7)23-17-22-33(6)21-16-20-32(5)19-15-18-31(3)4)52(58-44)50-51(55(62)63-12)54(61)49-38(11)45(59-53(49)50)30-47-40(14-2)36(9)43(57-47)29-46(39)56-42/h13,26,28-33,37-38,41,44,51,56-59H,1,14-25,27H2,2-12H3/b34-26+,42-28-,45-30-,46-29-,52-50-/t32-,33-,37+,38-,41+,44?,51-/m1/s1. The molecule has 2 aromatic heterocycles. The second-order valence-electron chi connectivity index (χ2n) is 20.1. The minimum atomic E-state index is -1.11. The van der Waals surface area contributed by atoms with Crippen LogP contribution in [0, 0.1) is 55.3 Å². The Balaban J connectivity index is 1.20. The molecule has 6 rings (SSSR count). The fourth-order valence-corrected chi connectivity index (χ4v) is 10.8. The first-order valence-corrected chi connectivity index (χ1v) is 24.5. The maximum absolute atomic E-state index is 14.4. The van der Waals surface area contributed by atoms with Crippen LogP contribution >= 0.6 is 0 Å². The van der Waals surface area contributed by atoms with Gasteiger partial charge in [-0.1, -0.05) is 112 Å². The van der Waals surface area contributed by atoms with Gasteiger partial charge in [0, 0.05) is 74.5 Å². The van der Waals surface area contributed by atoms with Crippen LogP contribution in [0.2, 0.25) is 0 Å². The molecular formula is C55H78N4O5. The predicted octanol–water partition coefficient (Wildman–Crippen LogP) is 10.2. The second kappa shape index (κ2) is 21.5. The lowest BCUT2D eigenvalue weighted by atomic mass is 9.83. The van der Waals surface area contributed by atoms with Crippen molar-refractivity contribution < 1.29 is 23.9 Å². The Bertz CT molecular complexity index is 2330. The topological polar surface area (TPSA) is 125 Å². The minimum Gasteiger partial charge on any atom is -0.468 e. The van der Waals surface area contributed by atoms with E-state index in [2.05, 4.69) is 108 Å². The molecule has 64 heavy (non-hydrogen) atoms. The normalized spacial score (nSPS) is 25.5. The average molecular weight is 875 g/mol. The van der Waals surface area contributed by atoms with Crippen LogP contribution < -0.4 is 21.3 Å². The van der Waals surface area contributed by atoms with Gasteiger partial charge in [0.1, 0.15) is 12.5 Å². The third-order valence-corrected chi connectivity index (χ3v) is 14.9. The Morgan fingerprint density at radius 2 is 1.56 bits per heavy atom. The van der Waals surface area contributed by atoms with E-state index in [1.807, 2.05) is 19.1 Å². The first-order valence-electron chi connectivity index (χ1n) is 24.5. The Morgan fingerprint density at radius 1 is 0.875 bits per heavy atom. The summed E-state index contributed by atoms with van der Waals surface area (Å²) in [6.07, 6.45) is 23.3. The number of carbonyl (C=O) groups is 3.